The van der Waals surface area contributed by atoms with E-state index in [2.05, 4.69) is 10.4 Å². The van der Waals surface area contributed by atoms with Crippen molar-refractivity contribution in [3.63, 3.8) is 0 Å². The van der Waals surface area contributed by atoms with Crippen molar-refractivity contribution in [1.29, 1.82) is 0 Å². The molecule has 31 heavy (non-hydrogen) atoms. The van der Waals surface area contributed by atoms with Gasteiger partial charge >= 0.3 is 0 Å². The van der Waals surface area contributed by atoms with Crippen molar-refractivity contribution in [1.82, 2.24) is 9.78 Å². The van der Waals surface area contributed by atoms with Gasteiger partial charge < -0.3 is 24.3 Å². The molecule has 1 atom stereocenters. The first-order valence-corrected chi connectivity index (χ1v) is 9.95. The third kappa shape index (κ3) is 4.30. The van der Waals surface area contributed by atoms with E-state index in [1.54, 1.807) is 22.9 Å². The third-order valence-corrected chi connectivity index (χ3v) is 5.28. The van der Waals surface area contributed by atoms with Crippen molar-refractivity contribution in [2.24, 2.45) is 0 Å². The van der Waals surface area contributed by atoms with Gasteiger partial charge in [-0.25, -0.2) is 0 Å². The topological polar surface area (TPSA) is 83.8 Å². The van der Waals surface area contributed by atoms with E-state index < -0.39 is 0 Å². The molecule has 0 radical (unpaired) electrons. The van der Waals surface area contributed by atoms with Gasteiger partial charge in [0.2, 0.25) is 5.75 Å². The van der Waals surface area contributed by atoms with Gasteiger partial charge in [-0.2, -0.15) is 5.10 Å². The lowest BCUT2D eigenvalue weighted by Crippen LogP contribution is -2.22. The maximum absolute atomic E-state index is 12.8. The van der Waals surface area contributed by atoms with Crippen molar-refractivity contribution >= 4 is 23.2 Å². The first kappa shape index (κ1) is 21.0. The molecule has 2 heterocycles. The predicted octanol–water partition coefficient (Wildman–Crippen LogP) is 4.09. The number of nitrogens with one attached hydrogen (secondary N) is 1. The van der Waals surface area contributed by atoms with Crippen LogP contribution in [0.5, 0.6) is 17.2 Å². The molecule has 1 amide bonds. The quantitative estimate of drug-likeness (QED) is 0.617. The number of ether oxygens (including phenoxy) is 4. The molecule has 0 aliphatic carbocycles. The van der Waals surface area contributed by atoms with Gasteiger partial charge in [-0.3, -0.25) is 9.48 Å². The number of benzene rings is 2. The molecule has 4 rings (SSSR count). The van der Waals surface area contributed by atoms with Crippen molar-refractivity contribution in [3.05, 3.63) is 64.4 Å². The SMILES string of the molecule is COc1cc(NC(=O)c2cc3n(n2)CC(c2ccc(Cl)cc2)OC3)cc(OC)c1OC. The van der Waals surface area contributed by atoms with E-state index in [1.807, 2.05) is 24.3 Å². The summed E-state index contributed by atoms with van der Waals surface area (Å²) in [6.45, 7) is 0.867. The van der Waals surface area contributed by atoms with Gasteiger partial charge in [0.15, 0.2) is 17.2 Å². The van der Waals surface area contributed by atoms with Gasteiger partial charge in [0, 0.05) is 22.8 Å². The van der Waals surface area contributed by atoms with Gasteiger partial charge in [-0.15, -0.1) is 0 Å². The van der Waals surface area contributed by atoms with Gasteiger partial charge in [-0.1, -0.05) is 23.7 Å². The van der Waals surface area contributed by atoms with E-state index in [1.165, 1.54) is 21.3 Å². The monoisotopic (exact) mass is 443 g/mol. The second-order valence-corrected chi connectivity index (χ2v) is 7.36. The highest BCUT2D eigenvalue weighted by atomic mass is 35.5. The molecule has 0 saturated heterocycles. The van der Waals surface area contributed by atoms with Crippen molar-refractivity contribution < 1.29 is 23.7 Å². The standard InChI is InChI=1S/C22H22ClN3O5/c1-28-18-8-15(9-19(29-2)21(18)30-3)24-22(27)17-10-16-12-31-20(11-26(16)25-17)13-4-6-14(23)7-5-13/h4-10,20H,11-12H2,1-3H3,(H,24,27). The number of carbonyl (C=O) groups is 1. The Morgan fingerprint density at radius 2 is 1.77 bits per heavy atom. The molecule has 0 fully saturated rings. The minimum absolute atomic E-state index is 0.157. The summed E-state index contributed by atoms with van der Waals surface area (Å²) in [5.41, 5.74) is 2.64. The molecule has 3 aromatic rings. The van der Waals surface area contributed by atoms with Crippen molar-refractivity contribution in [2.45, 2.75) is 19.3 Å². The first-order valence-electron chi connectivity index (χ1n) is 9.57. The van der Waals surface area contributed by atoms with E-state index in [0.29, 0.717) is 46.8 Å². The molecular formula is C22H22ClN3O5. The fourth-order valence-electron chi connectivity index (χ4n) is 3.46. The van der Waals surface area contributed by atoms with E-state index in [4.69, 9.17) is 30.5 Å². The number of hydrogen-bond donors (Lipinski definition) is 1. The molecule has 2 aromatic carbocycles. The number of aromatic nitrogens is 2. The minimum Gasteiger partial charge on any atom is -0.493 e. The molecule has 0 saturated carbocycles. The summed E-state index contributed by atoms with van der Waals surface area (Å²) >= 11 is 5.97. The summed E-state index contributed by atoms with van der Waals surface area (Å²) in [5, 5.41) is 7.97. The molecule has 1 unspecified atom stereocenters. The van der Waals surface area contributed by atoms with Gasteiger partial charge in [-0.05, 0) is 23.8 Å². The lowest BCUT2D eigenvalue weighted by atomic mass is 10.1. The van der Waals surface area contributed by atoms with Crippen LogP contribution in [0.15, 0.2) is 42.5 Å². The van der Waals surface area contributed by atoms with Crippen LogP contribution in [0.4, 0.5) is 5.69 Å². The van der Waals surface area contributed by atoms with Gasteiger partial charge in [0.25, 0.3) is 5.91 Å². The maximum atomic E-state index is 12.8. The Balaban J connectivity index is 1.52. The molecule has 1 aliphatic rings. The molecule has 9 heteroatoms. The molecule has 1 N–H and O–H groups in total. The van der Waals surface area contributed by atoms with Crippen LogP contribution in [0.2, 0.25) is 5.02 Å². The molecule has 0 spiro atoms. The maximum Gasteiger partial charge on any atom is 0.276 e. The number of rotatable bonds is 6. The number of fused-ring (bicyclic) bond motifs is 1. The van der Waals surface area contributed by atoms with Crippen LogP contribution in [-0.2, 0) is 17.9 Å². The molecule has 162 valence electrons. The Labute approximate surface area is 184 Å². The highest BCUT2D eigenvalue weighted by Crippen LogP contribution is 2.40. The van der Waals surface area contributed by atoms with Crippen LogP contribution in [0.3, 0.4) is 0 Å². The number of halogens is 1. The van der Waals surface area contributed by atoms with Crippen LogP contribution < -0.4 is 19.5 Å². The van der Waals surface area contributed by atoms with Crippen molar-refractivity contribution in [3.8, 4) is 17.2 Å². The Morgan fingerprint density at radius 1 is 1.10 bits per heavy atom. The highest BCUT2D eigenvalue weighted by molar-refractivity contribution is 6.30. The summed E-state index contributed by atoms with van der Waals surface area (Å²) in [4.78, 5) is 12.8. The highest BCUT2D eigenvalue weighted by Gasteiger charge is 2.24. The lowest BCUT2D eigenvalue weighted by Gasteiger charge is -2.24. The van der Waals surface area contributed by atoms with Gasteiger partial charge in [0.1, 0.15) is 6.10 Å². The Morgan fingerprint density at radius 3 is 2.39 bits per heavy atom. The van der Waals surface area contributed by atoms with Crippen LogP contribution in [0.25, 0.3) is 0 Å². The van der Waals surface area contributed by atoms with E-state index in [9.17, 15) is 4.79 Å². The summed E-state index contributed by atoms with van der Waals surface area (Å²) in [5.74, 6) is 0.992. The average molecular weight is 444 g/mol. The van der Waals surface area contributed by atoms with Crippen LogP contribution in [-0.4, -0.2) is 37.0 Å². The number of nitrogens with zero attached hydrogens (tertiary/aromatic N) is 2. The van der Waals surface area contributed by atoms with Crippen molar-refractivity contribution in [2.75, 3.05) is 26.6 Å². The molecule has 8 nitrogen and oxygen atoms in total. The fourth-order valence-corrected chi connectivity index (χ4v) is 3.59. The first-order chi connectivity index (χ1) is 15.0. The normalized spacial score (nSPS) is 15.2. The molecule has 1 aliphatic heterocycles. The molecular weight excluding hydrogens is 422 g/mol. The Hall–Kier alpha value is -3.23. The Kier molecular flexibility index (Phi) is 6.01. The molecule has 0 bridgehead atoms. The third-order valence-electron chi connectivity index (χ3n) is 5.03. The second-order valence-electron chi connectivity index (χ2n) is 6.92. The van der Waals surface area contributed by atoms with E-state index >= 15 is 0 Å². The van der Waals surface area contributed by atoms with Crippen LogP contribution in [0, 0.1) is 0 Å². The predicted molar refractivity (Wildman–Crippen MR) is 115 cm³/mol. The summed E-state index contributed by atoms with van der Waals surface area (Å²) in [7, 11) is 4.56. The number of anilines is 1. The zero-order valence-corrected chi connectivity index (χ0v) is 18.1. The number of methoxy groups -OCH3 is 3. The van der Waals surface area contributed by atoms with Gasteiger partial charge in [0.05, 0.1) is 40.2 Å². The smallest absolute Gasteiger partial charge is 0.276 e. The Bertz CT molecular complexity index is 1070. The van der Waals surface area contributed by atoms with Crippen LogP contribution in [0.1, 0.15) is 27.8 Å². The number of carbonyl (C=O) groups excluding carboxylic acids is 1. The number of amides is 1. The summed E-state index contributed by atoms with van der Waals surface area (Å²) in [6.07, 6.45) is -0.157. The lowest BCUT2D eigenvalue weighted by molar-refractivity contribution is -0.00118. The van der Waals surface area contributed by atoms with Crippen LogP contribution >= 0.6 is 11.6 Å². The average Bonchev–Trinajstić information content (AvgIpc) is 3.22. The van der Waals surface area contributed by atoms with E-state index in [0.717, 1.165) is 11.3 Å². The number of hydrogen-bond acceptors (Lipinski definition) is 6. The summed E-state index contributed by atoms with van der Waals surface area (Å²) in [6, 6.07) is 12.6. The fraction of sp³-hybridized carbons (Fsp3) is 0.273. The largest absolute Gasteiger partial charge is 0.493 e. The zero-order valence-electron chi connectivity index (χ0n) is 17.3. The van der Waals surface area contributed by atoms with E-state index in [-0.39, 0.29) is 12.0 Å². The second kappa shape index (κ2) is 8.87. The molecule has 1 aromatic heterocycles. The summed E-state index contributed by atoms with van der Waals surface area (Å²) < 4.78 is 23.7. The zero-order chi connectivity index (χ0) is 22.0. The minimum atomic E-state index is -0.348.